The molecule has 23 heavy (non-hydrogen) atoms. The number of carbonyl (C=O) groups excluding carboxylic acids is 1. The maximum atomic E-state index is 11.7. The minimum absolute atomic E-state index is 0.356. The van der Waals surface area contributed by atoms with E-state index in [9.17, 15) is 4.79 Å². The highest BCUT2D eigenvalue weighted by molar-refractivity contribution is 6.33. The number of carbonyl (C=O) groups is 1. The fourth-order valence-electron chi connectivity index (χ4n) is 2.94. The Morgan fingerprint density at radius 1 is 1.52 bits per heavy atom. The van der Waals surface area contributed by atoms with Crippen molar-refractivity contribution in [2.24, 2.45) is 16.6 Å². The average Bonchev–Trinajstić information content (AvgIpc) is 2.69. The van der Waals surface area contributed by atoms with Gasteiger partial charge in [0.2, 0.25) is 0 Å². The number of nitrogens with zero attached hydrogens (tertiary/aromatic N) is 2. The summed E-state index contributed by atoms with van der Waals surface area (Å²) in [4.78, 5) is 18.4. The summed E-state index contributed by atoms with van der Waals surface area (Å²) in [6.45, 7) is 9.94. The van der Waals surface area contributed by atoms with Crippen LogP contribution in [-0.2, 0) is 4.74 Å². The van der Waals surface area contributed by atoms with Gasteiger partial charge in [0.15, 0.2) is 0 Å². The molecule has 0 aromatic carbocycles. The van der Waals surface area contributed by atoms with Crippen molar-refractivity contribution in [3.05, 3.63) is 11.1 Å². The SMILES string of the molecule is CC(C)(C)OC(=O)NCC1CCN(C2(C)N=C(N)C=C2Cl)CC1. The Morgan fingerprint density at radius 3 is 2.61 bits per heavy atom. The van der Waals surface area contributed by atoms with E-state index < -0.39 is 11.3 Å². The molecule has 0 aliphatic carbocycles. The van der Waals surface area contributed by atoms with Gasteiger partial charge in [-0.25, -0.2) is 9.79 Å². The molecule has 2 aliphatic heterocycles. The summed E-state index contributed by atoms with van der Waals surface area (Å²) in [5.74, 6) is 0.916. The molecule has 1 atom stereocenters. The third kappa shape index (κ3) is 4.61. The number of likely N-dealkylation sites (tertiary alicyclic amines) is 1. The van der Waals surface area contributed by atoms with Gasteiger partial charge in [0.25, 0.3) is 0 Å². The molecule has 0 spiro atoms. The van der Waals surface area contributed by atoms with Crippen LogP contribution < -0.4 is 11.1 Å². The Morgan fingerprint density at radius 2 is 2.13 bits per heavy atom. The Balaban J connectivity index is 1.79. The van der Waals surface area contributed by atoms with Gasteiger partial charge >= 0.3 is 6.09 Å². The third-order valence-corrected chi connectivity index (χ3v) is 4.71. The quantitative estimate of drug-likeness (QED) is 0.825. The van der Waals surface area contributed by atoms with Crippen LogP contribution in [0.2, 0.25) is 0 Å². The van der Waals surface area contributed by atoms with E-state index in [4.69, 9.17) is 22.1 Å². The zero-order chi connectivity index (χ0) is 17.3. The summed E-state index contributed by atoms with van der Waals surface area (Å²) in [7, 11) is 0. The summed E-state index contributed by atoms with van der Waals surface area (Å²) < 4.78 is 5.26. The molecule has 0 aromatic rings. The fraction of sp³-hybridized carbons (Fsp3) is 0.750. The van der Waals surface area contributed by atoms with Crippen LogP contribution in [0.3, 0.4) is 0 Å². The topological polar surface area (TPSA) is 80.0 Å². The molecule has 0 radical (unpaired) electrons. The molecular weight excluding hydrogens is 316 g/mol. The molecule has 2 aliphatic rings. The second kappa shape index (κ2) is 6.69. The first-order valence-corrected chi connectivity index (χ1v) is 8.43. The Labute approximate surface area is 143 Å². The maximum Gasteiger partial charge on any atom is 0.407 e. The molecule has 1 amide bonds. The van der Waals surface area contributed by atoms with Gasteiger partial charge in [0, 0.05) is 19.6 Å². The lowest BCUT2D eigenvalue weighted by Gasteiger charge is -2.41. The van der Waals surface area contributed by atoms with Crippen LogP contribution in [0.25, 0.3) is 0 Å². The number of nitrogens with one attached hydrogen (secondary N) is 1. The van der Waals surface area contributed by atoms with Crippen molar-refractivity contribution < 1.29 is 9.53 Å². The zero-order valence-electron chi connectivity index (χ0n) is 14.4. The lowest BCUT2D eigenvalue weighted by atomic mass is 9.94. The molecule has 0 bridgehead atoms. The maximum absolute atomic E-state index is 11.7. The van der Waals surface area contributed by atoms with Gasteiger partial charge in [0.05, 0.1) is 5.03 Å². The van der Waals surface area contributed by atoms with Gasteiger partial charge in [0.1, 0.15) is 17.1 Å². The van der Waals surface area contributed by atoms with Crippen molar-refractivity contribution in [1.29, 1.82) is 0 Å². The lowest BCUT2D eigenvalue weighted by Crippen LogP contribution is -2.49. The highest BCUT2D eigenvalue weighted by Crippen LogP contribution is 2.35. The third-order valence-electron chi connectivity index (χ3n) is 4.24. The van der Waals surface area contributed by atoms with Crippen molar-refractivity contribution in [1.82, 2.24) is 10.2 Å². The number of hydrogen-bond donors (Lipinski definition) is 2. The molecule has 0 saturated carbocycles. The van der Waals surface area contributed by atoms with Crippen molar-refractivity contribution in [2.45, 2.75) is 51.8 Å². The van der Waals surface area contributed by atoms with Crippen molar-refractivity contribution in [2.75, 3.05) is 19.6 Å². The fourth-order valence-corrected chi connectivity index (χ4v) is 3.21. The number of aliphatic imine (C=N–C) groups is 1. The van der Waals surface area contributed by atoms with E-state index in [0.29, 0.717) is 23.3 Å². The van der Waals surface area contributed by atoms with Gasteiger partial charge in [-0.15, -0.1) is 0 Å². The summed E-state index contributed by atoms with van der Waals surface area (Å²) in [5, 5.41) is 3.52. The molecular formula is C16H27ClN4O2. The molecule has 130 valence electrons. The summed E-state index contributed by atoms with van der Waals surface area (Å²) in [6.07, 6.45) is 3.32. The van der Waals surface area contributed by atoms with E-state index in [1.54, 1.807) is 6.08 Å². The molecule has 2 rings (SSSR count). The zero-order valence-corrected chi connectivity index (χ0v) is 15.1. The second-order valence-electron chi connectivity index (χ2n) is 7.36. The van der Waals surface area contributed by atoms with Gasteiger partial charge in [-0.1, -0.05) is 11.6 Å². The van der Waals surface area contributed by atoms with Crippen LogP contribution in [0.15, 0.2) is 16.1 Å². The number of alkyl carbamates (subject to hydrolysis) is 1. The molecule has 1 fully saturated rings. The first kappa shape index (κ1) is 18.1. The second-order valence-corrected chi connectivity index (χ2v) is 7.77. The first-order chi connectivity index (χ1) is 10.6. The molecule has 7 heteroatoms. The minimum atomic E-state index is -0.533. The number of amides is 1. The summed E-state index contributed by atoms with van der Waals surface area (Å²) >= 11 is 6.30. The number of nitrogens with two attached hydrogens (primary N) is 1. The monoisotopic (exact) mass is 342 g/mol. The molecule has 6 nitrogen and oxygen atoms in total. The number of ether oxygens (including phenoxy) is 1. The van der Waals surface area contributed by atoms with Crippen LogP contribution in [0, 0.1) is 5.92 Å². The van der Waals surface area contributed by atoms with E-state index in [1.165, 1.54) is 0 Å². The van der Waals surface area contributed by atoms with Gasteiger partial charge < -0.3 is 15.8 Å². The van der Waals surface area contributed by atoms with E-state index >= 15 is 0 Å². The van der Waals surface area contributed by atoms with E-state index in [1.807, 2.05) is 27.7 Å². The van der Waals surface area contributed by atoms with Crippen LogP contribution in [0.1, 0.15) is 40.5 Å². The summed E-state index contributed by atoms with van der Waals surface area (Å²) in [6, 6.07) is 0. The first-order valence-electron chi connectivity index (χ1n) is 8.05. The van der Waals surface area contributed by atoms with Crippen molar-refractivity contribution in [3.8, 4) is 0 Å². The van der Waals surface area contributed by atoms with Crippen LogP contribution in [-0.4, -0.2) is 47.7 Å². The molecule has 3 N–H and O–H groups in total. The number of rotatable bonds is 3. The van der Waals surface area contributed by atoms with E-state index in [2.05, 4.69) is 15.2 Å². The number of amidine groups is 1. The Bertz CT molecular complexity index is 519. The highest BCUT2D eigenvalue weighted by Gasteiger charge is 2.39. The number of hydrogen-bond acceptors (Lipinski definition) is 5. The molecule has 1 unspecified atom stereocenters. The van der Waals surface area contributed by atoms with Crippen molar-refractivity contribution in [3.63, 3.8) is 0 Å². The van der Waals surface area contributed by atoms with Crippen LogP contribution in [0.5, 0.6) is 0 Å². The smallest absolute Gasteiger partial charge is 0.407 e. The largest absolute Gasteiger partial charge is 0.444 e. The van der Waals surface area contributed by atoms with Gasteiger partial charge in [-0.3, -0.25) is 4.90 Å². The molecule has 1 saturated heterocycles. The lowest BCUT2D eigenvalue weighted by molar-refractivity contribution is 0.0496. The minimum Gasteiger partial charge on any atom is -0.444 e. The predicted octanol–water partition coefficient (Wildman–Crippen LogP) is 2.43. The standard InChI is InChI=1S/C16H27ClN4O2/c1-15(2,3)23-14(22)19-10-11-5-7-21(8-6-11)16(4)12(17)9-13(18)20-16/h9,11H,5-8,10H2,1-4H3,(H2,18,20)(H,19,22). The predicted molar refractivity (Wildman–Crippen MR) is 92.5 cm³/mol. The summed E-state index contributed by atoms with van der Waals surface area (Å²) in [5.41, 5.74) is 4.77. The van der Waals surface area contributed by atoms with Gasteiger partial charge in [-0.05, 0) is 52.5 Å². The van der Waals surface area contributed by atoms with E-state index in [0.717, 1.165) is 25.9 Å². The molecule has 0 aromatic heterocycles. The van der Waals surface area contributed by atoms with Gasteiger partial charge in [-0.2, -0.15) is 0 Å². The number of piperidine rings is 1. The Hall–Kier alpha value is -1.27. The molecule has 2 heterocycles. The normalized spacial score (nSPS) is 26.7. The van der Waals surface area contributed by atoms with Crippen molar-refractivity contribution >= 4 is 23.5 Å². The van der Waals surface area contributed by atoms with E-state index in [-0.39, 0.29) is 6.09 Å². The van der Waals surface area contributed by atoms with Crippen LogP contribution in [0.4, 0.5) is 4.79 Å². The Kier molecular flexibility index (Phi) is 5.26. The highest BCUT2D eigenvalue weighted by atomic mass is 35.5. The van der Waals surface area contributed by atoms with Crippen LogP contribution >= 0.6 is 11.6 Å². The average molecular weight is 343 g/mol. The number of halogens is 1.